The first-order valence-electron chi connectivity index (χ1n) is 7.81. The van der Waals surface area contributed by atoms with E-state index in [4.69, 9.17) is 0 Å². The molecule has 1 amide bonds. The summed E-state index contributed by atoms with van der Waals surface area (Å²) in [7, 11) is 0. The van der Waals surface area contributed by atoms with E-state index in [9.17, 15) is 9.18 Å². The van der Waals surface area contributed by atoms with Gasteiger partial charge in [0.1, 0.15) is 33.1 Å². The monoisotopic (exact) mass is 417 g/mol. The van der Waals surface area contributed by atoms with Crippen LogP contribution in [0, 0.1) is 12.7 Å². The van der Waals surface area contributed by atoms with E-state index < -0.39 is 0 Å². The number of hydrogen-bond acceptors (Lipinski definition) is 8. The van der Waals surface area contributed by atoms with Crippen LogP contribution in [0.1, 0.15) is 4.88 Å². The maximum atomic E-state index is 13.2. The van der Waals surface area contributed by atoms with E-state index in [0.717, 1.165) is 15.1 Å². The van der Waals surface area contributed by atoms with Crippen molar-refractivity contribution in [2.45, 2.75) is 11.9 Å². The Morgan fingerprint density at radius 1 is 1.22 bits per heavy atom. The molecule has 0 aliphatic rings. The molecule has 0 atom stereocenters. The number of nitrogens with zero attached hydrogens (tertiary/aromatic N) is 4. The fourth-order valence-electron chi connectivity index (χ4n) is 2.34. The maximum absolute atomic E-state index is 13.2. The van der Waals surface area contributed by atoms with E-state index in [1.165, 1.54) is 53.1 Å². The molecule has 1 N–H and O–H groups in total. The predicted octanol–water partition coefficient (Wildman–Crippen LogP) is 4.39. The highest BCUT2D eigenvalue weighted by Crippen LogP contribution is 2.34. The Balaban J connectivity index is 1.52. The molecule has 136 valence electrons. The number of fused-ring (bicyclic) bond motifs is 1. The molecule has 0 aliphatic heterocycles. The Bertz CT molecular complexity index is 1110. The van der Waals surface area contributed by atoms with Gasteiger partial charge in [0.25, 0.3) is 0 Å². The van der Waals surface area contributed by atoms with Gasteiger partial charge in [-0.1, -0.05) is 11.8 Å². The van der Waals surface area contributed by atoms with Crippen LogP contribution in [0.15, 0.2) is 41.8 Å². The standard InChI is InChI=1S/C17H12FN5OS3/c1-9-6-19-17(26-9)22-12(24)7-25-16-15-14(20-8-21-16)13(23-27-15)10-2-4-11(18)5-3-10/h2-6,8H,7H2,1H3,(H,19,22,24). The molecular weight excluding hydrogens is 405 g/mol. The minimum absolute atomic E-state index is 0.149. The summed E-state index contributed by atoms with van der Waals surface area (Å²) >= 11 is 4.02. The Labute approximate surface area is 166 Å². The van der Waals surface area contributed by atoms with Gasteiger partial charge < -0.3 is 5.32 Å². The van der Waals surface area contributed by atoms with Crippen molar-refractivity contribution in [2.75, 3.05) is 11.1 Å². The lowest BCUT2D eigenvalue weighted by Gasteiger charge is -2.02. The van der Waals surface area contributed by atoms with Gasteiger partial charge >= 0.3 is 0 Å². The maximum Gasteiger partial charge on any atom is 0.236 e. The zero-order valence-electron chi connectivity index (χ0n) is 14.0. The van der Waals surface area contributed by atoms with Crippen molar-refractivity contribution in [1.82, 2.24) is 19.3 Å². The van der Waals surface area contributed by atoms with E-state index in [1.54, 1.807) is 18.3 Å². The molecule has 0 fully saturated rings. The summed E-state index contributed by atoms with van der Waals surface area (Å²) in [5.74, 6) is -0.246. The first-order chi connectivity index (χ1) is 13.1. The van der Waals surface area contributed by atoms with Gasteiger partial charge in [-0.3, -0.25) is 4.79 Å². The number of benzene rings is 1. The van der Waals surface area contributed by atoms with Crippen LogP contribution >= 0.6 is 34.6 Å². The molecule has 0 unspecified atom stereocenters. The van der Waals surface area contributed by atoms with Crippen LogP contribution < -0.4 is 5.32 Å². The normalized spacial score (nSPS) is 11.0. The van der Waals surface area contributed by atoms with Crippen molar-refractivity contribution < 1.29 is 9.18 Å². The van der Waals surface area contributed by atoms with Gasteiger partial charge in [0.05, 0.1) is 5.75 Å². The summed E-state index contributed by atoms with van der Waals surface area (Å²) in [6.45, 7) is 1.93. The van der Waals surface area contributed by atoms with Gasteiger partial charge in [0, 0.05) is 16.6 Å². The molecule has 0 spiro atoms. The summed E-state index contributed by atoms with van der Waals surface area (Å²) in [5, 5.41) is 4.05. The summed E-state index contributed by atoms with van der Waals surface area (Å²) in [5.41, 5.74) is 2.16. The van der Waals surface area contributed by atoms with Crippen molar-refractivity contribution in [3.63, 3.8) is 0 Å². The first kappa shape index (κ1) is 18.0. The zero-order valence-corrected chi connectivity index (χ0v) is 16.4. The van der Waals surface area contributed by atoms with Gasteiger partial charge in [-0.15, -0.1) is 11.3 Å². The van der Waals surface area contributed by atoms with Crippen molar-refractivity contribution in [2.24, 2.45) is 0 Å². The number of nitrogens with one attached hydrogen (secondary N) is 1. The van der Waals surface area contributed by atoms with Crippen LogP contribution in [0.2, 0.25) is 0 Å². The molecule has 3 heterocycles. The second-order valence-electron chi connectivity index (χ2n) is 5.51. The third-order valence-electron chi connectivity index (χ3n) is 3.55. The van der Waals surface area contributed by atoms with Crippen molar-refractivity contribution in [3.8, 4) is 11.3 Å². The fraction of sp³-hybridized carbons (Fsp3) is 0.118. The van der Waals surface area contributed by atoms with Gasteiger partial charge in [-0.2, -0.15) is 4.37 Å². The number of carbonyl (C=O) groups is 1. The molecule has 4 rings (SSSR count). The highest BCUT2D eigenvalue weighted by molar-refractivity contribution is 8.00. The second-order valence-corrected chi connectivity index (χ2v) is 8.48. The summed E-state index contributed by atoms with van der Waals surface area (Å²) in [6, 6.07) is 6.12. The van der Waals surface area contributed by atoms with Crippen LogP contribution in [0.25, 0.3) is 21.5 Å². The van der Waals surface area contributed by atoms with Crippen molar-refractivity contribution in [3.05, 3.63) is 47.5 Å². The lowest BCUT2D eigenvalue weighted by atomic mass is 10.1. The fourth-order valence-corrected chi connectivity index (χ4v) is 4.74. The Morgan fingerprint density at radius 3 is 2.78 bits per heavy atom. The molecule has 3 aromatic heterocycles. The lowest BCUT2D eigenvalue weighted by Crippen LogP contribution is -2.13. The highest BCUT2D eigenvalue weighted by Gasteiger charge is 2.16. The van der Waals surface area contributed by atoms with E-state index >= 15 is 0 Å². The number of rotatable bonds is 5. The van der Waals surface area contributed by atoms with E-state index in [0.29, 0.717) is 21.4 Å². The molecule has 0 saturated carbocycles. The molecule has 0 bridgehead atoms. The lowest BCUT2D eigenvalue weighted by molar-refractivity contribution is -0.113. The Kier molecular flexibility index (Phi) is 5.10. The Hall–Kier alpha value is -2.43. The SMILES string of the molecule is Cc1cnc(NC(=O)CSc2ncnc3c(-c4ccc(F)cc4)nsc23)s1. The van der Waals surface area contributed by atoms with Crippen molar-refractivity contribution in [1.29, 1.82) is 0 Å². The number of thiazole rings is 1. The number of aromatic nitrogens is 4. The van der Waals surface area contributed by atoms with E-state index in [-0.39, 0.29) is 17.5 Å². The number of thioether (sulfide) groups is 1. The average molecular weight is 418 g/mol. The molecule has 27 heavy (non-hydrogen) atoms. The number of amides is 1. The second kappa shape index (κ2) is 7.67. The summed E-state index contributed by atoms with van der Waals surface area (Å²) in [6.07, 6.45) is 3.17. The molecule has 4 aromatic rings. The molecular formula is C17H12FN5OS3. The van der Waals surface area contributed by atoms with Crippen LogP contribution in [0.5, 0.6) is 0 Å². The molecule has 0 saturated heterocycles. The summed E-state index contributed by atoms with van der Waals surface area (Å²) < 4.78 is 18.4. The van der Waals surface area contributed by atoms with Crippen LogP contribution in [-0.4, -0.2) is 31.0 Å². The topological polar surface area (TPSA) is 80.7 Å². The average Bonchev–Trinajstić information content (AvgIpc) is 3.27. The molecule has 10 heteroatoms. The Morgan fingerprint density at radius 2 is 2.04 bits per heavy atom. The molecule has 0 aliphatic carbocycles. The number of aryl methyl sites for hydroxylation is 1. The van der Waals surface area contributed by atoms with E-state index in [2.05, 4.69) is 24.6 Å². The first-order valence-corrected chi connectivity index (χ1v) is 10.4. The van der Waals surface area contributed by atoms with Crippen LogP contribution in [0.4, 0.5) is 9.52 Å². The largest absolute Gasteiger partial charge is 0.301 e. The van der Waals surface area contributed by atoms with Gasteiger partial charge in [-0.25, -0.2) is 19.3 Å². The van der Waals surface area contributed by atoms with Crippen molar-refractivity contribution >= 4 is 55.9 Å². The number of halogens is 1. The van der Waals surface area contributed by atoms with Crippen LogP contribution in [0.3, 0.4) is 0 Å². The minimum Gasteiger partial charge on any atom is -0.301 e. The van der Waals surface area contributed by atoms with Gasteiger partial charge in [-0.05, 0) is 42.7 Å². The van der Waals surface area contributed by atoms with Gasteiger partial charge in [0.2, 0.25) is 5.91 Å². The van der Waals surface area contributed by atoms with Gasteiger partial charge in [0.15, 0.2) is 5.13 Å². The highest BCUT2D eigenvalue weighted by atomic mass is 32.2. The van der Waals surface area contributed by atoms with Crippen LogP contribution in [-0.2, 0) is 4.79 Å². The zero-order chi connectivity index (χ0) is 18.8. The molecule has 1 aromatic carbocycles. The van der Waals surface area contributed by atoms with E-state index in [1.807, 2.05) is 6.92 Å². The predicted molar refractivity (Wildman–Crippen MR) is 107 cm³/mol. The number of hydrogen-bond donors (Lipinski definition) is 1. The quantitative estimate of drug-likeness (QED) is 0.383. The summed E-state index contributed by atoms with van der Waals surface area (Å²) in [4.78, 5) is 25.9. The third kappa shape index (κ3) is 3.97. The third-order valence-corrected chi connectivity index (χ3v) is 6.34. The number of carbonyl (C=O) groups excluding carboxylic acids is 1. The minimum atomic E-state index is -0.300. The molecule has 6 nitrogen and oxygen atoms in total. The number of anilines is 1. The molecule has 0 radical (unpaired) electrons. The smallest absolute Gasteiger partial charge is 0.236 e.